The van der Waals surface area contributed by atoms with Gasteiger partial charge in [0.25, 0.3) is 0 Å². The predicted molar refractivity (Wildman–Crippen MR) is 69.4 cm³/mol. The molecule has 0 aromatic heterocycles. The number of hydrogen-bond acceptors (Lipinski definition) is 2. The van der Waals surface area contributed by atoms with Crippen molar-refractivity contribution >= 4 is 12.0 Å². The van der Waals surface area contributed by atoms with Gasteiger partial charge in [0.15, 0.2) is 0 Å². The first-order valence-electron chi connectivity index (χ1n) is 6.79. The number of urea groups is 1. The molecule has 0 aliphatic heterocycles. The summed E-state index contributed by atoms with van der Waals surface area (Å²) in [4.78, 5) is 22.9. The third-order valence-corrected chi connectivity index (χ3v) is 4.06. The van der Waals surface area contributed by atoms with Gasteiger partial charge in [0.2, 0.25) is 0 Å². The zero-order valence-electron chi connectivity index (χ0n) is 11.5. The molecule has 0 bridgehead atoms. The Kier molecular flexibility index (Phi) is 4.99. The molecule has 0 aromatic rings. The maximum absolute atomic E-state index is 11.9. The first kappa shape index (κ1) is 14.8. The lowest BCUT2D eigenvalue weighted by atomic mass is 9.90. The Bertz CT molecular complexity index is 301. The van der Waals surface area contributed by atoms with Gasteiger partial charge in [-0.2, -0.15) is 0 Å². The molecular weight excluding hydrogens is 232 g/mol. The van der Waals surface area contributed by atoms with Crippen molar-refractivity contribution in [3.8, 4) is 0 Å². The van der Waals surface area contributed by atoms with E-state index in [1.165, 1.54) is 0 Å². The van der Waals surface area contributed by atoms with E-state index in [4.69, 9.17) is 5.11 Å². The molecule has 1 saturated carbocycles. The van der Waals surface area contributed by atoms with Gasteiger partial charge in [0, 0.05) is 5.54 Å². The smallest absolute Gasteiger partial charge is 0.326 e. The average molecular weight is 256 g/mol. The monoisotopic (exact) mass is 256 g/mol. The maximum Gasteiger partial charge on any atom is 0.326 e. The van der Waals surface area contributed by atoms with Gasteiger partial charge >= 0.3 is 12.0 Å². The molecular formula is C13H24N2O3. The summed E-state index contributed by atoms with van der Waals surface area (Å²) in [5, 5.41) is 14.6. The van der Waals surface area contributed by atoms with E-state index in [9.17, 15) is 9.59 Å². The molecule has 0 radical (unpaired) electrons. The lowest BCUT2D eigenvalue weighted by molar-refractivity contribution is -0.139. The number of hydrogen-bond donors (Lipinski definition) is 3. The molecule has 0 spiro atoms. The molecule has 5 heteroatoms. The molecule has 0 aromatic carbocycles. The number of carboxylic acids is 1. The third-order valence-electron chi connectivity index (χ3n) is 4.06. The number of carbonyl (C=O) groups is 2. The molecule has 0 saturated heterocycles. The summed E-state index contributed by atoms with van der Waals surface area (Å²) >= 11 is 0. The minimum atomic E-state index is -0.942. The Balaban J connectivity index is 2.56. The van der Waals surface area contributed by atoms with Crippen LogP contribution < -0.4 is 10.6 Å². The topological polar surface area (TPSA) is 78.4 Å². The molecule has 1 unspecified atom stereocenters. The van der Waals surface area contributed by atoms with E-state index in [1.807, 2.05) is 20.8 Å². The molecule has 104 valence electrons. The second kappa shape index (κ2) is 6.07. The molecule has 18 heavy (non-hydrogen) atoms. The Morgan fingerprint density at radius 1 is 1.22 bits per heavy atom. The molecule has 3 N–H and O–H groups in total. The second-order valence-corrected chi connectivity index (χ2v) is 5.09. The fourth-order valence-electron chi connectivity index (χ4n) is 2.24. The molecule has 1 aliphatic rings. The van der Waals surface area contributed by atoms with Crippen LogP contribution in [-0.2, 0) is 4.79 Å². The normalized spacial score (nSPS) is 17.1. The van der Waals surface area contributed by atoms with Crippen LogP contribution in [0.15, 0.2) is 0 Å². The zero-order valence-corrected chi connectivity index (χ0v) is 11.5. The second-order valence-electron chi connectivity index (χ2n) is 5.09. The lowest BCUT2D eigenvalue weighted by Gasteiger charge is -2.32. The number of amides is 2. The third kappa shape index (κ3) is 3.62. The number of carboxylic acid groups (broad SMARTS) is 1. The maximum atomic E-state index is 11.9. The van der Waals surface area contributed by atoms with Crippen molar-refractivity contribution in [3.05, 3.63) is 0 Å². The van der Waals surface area contributed by atoms with Gasteiger partial charge in [-0.3, -0.25) is 0 Å². The average Bonchev–Trinajstić information content (AvgIpc) is 3.17. The van der Waals surface area contributed by atoms with Crippen LogP contribution in [0.2, 0.25) is 0 Å². The summed E-state index contributed by atoms with van der Waals surface area (Å²) in [5.41, 5.74) is -0.226. The zero-order chi connectivity index (χ0) is 13.8. The minimum Gasteiger partial charge on any atom is -0.480 e. The number of nitrogens with one attached hydrogen (secondary N) is 2. The summed E-state index contributed by atoms with van der Waals surface area (Å²) in [7, 11) is 0. The van der Waals surface area contributed by atoms with Gasteiger partial charge in [-0.15, -0.1) is 0 Å². The van der Waals surface area contributed by atoms with E-state index >= 15 is 0 Å². The summed E-state index contributed by atoms with van der Waals surface area (Å²) in [6.07, 6.45) is 4.30. The van der Waals surface area contributed by atoms with Crippen LogP contribution in [0.1, 0.15) is 52.9 Å². The van der Waals surface area contributed by atoms with Gasteiger partial charge < -0.3 is 15.7 Å². The standard InChI is InChI=1S/C13H24N2O3/c1-4-13(5-2,6-3)15-12(18)14-10(11(16)17)9-7-8-9/h9-10H,4-8H2,1-3H3,(H,16,17)(H2,14,15,18). The summed E-state index contributed by atoms with van der Waals surface area (Å²) < 4.78 is 0. The Hall–Kier alpha value is -1.26. The molecule has 1 fully saturated rings. The molecule has 1 aliphatic carbocycles. The van der Waals surface area contributed by atoms with Crippen molar-refractivity contribution in [2.24, 2.45) is 5.92 Å². The van der Waals surface area contributed by atoms with Crippen molar-refractivity contribution in [1.82, 2.24) is 10.6 Å². The predicted octanol–water partition coefficient (Wildman–Crippen LogP) is 2.12. The molecule has 2 amide bonds. The van der Waals surface area contributed by atoms with E-state index in [1.54, 1.807) is 0 Å². The summed E-state index contributed by atoms with van der Waals surface area (Å²) in [6.45, 7) is 6.09. The van der Waals surface area contributed by atoms with E-state index in [2.05, 4.69) is 10.6 Å². The Labute approximate surface area is 108 Å². The van der Waals surface area contributed by atoms with Gasteiger partial charge in [-0.05, 0) is 38.0 Å². The SMILES string of the molecule is CCC(CC)(CC)NC(=O)NC(C(=O)O)C1CC1. The van der Waals surface area contributed by atoms with Crippen molar-refractivity contribution in [1.29, 1.82) is 0 Å². The molecule has 1 atom stereocenters. The molecule has 0 heterocycles. The highest BCUT2D eigenvalue weighted by atomic mass is 16.4. The van der Waals surface area contributed by atoms with E-state index in [0.717, 1.165) is 32.1 Å². The van der Waals surface area contributed by atoms with Crippen LogP contribution >= 0.6 is 0 Å². The fraction of sp³-hybridized carbons (Fsp3) is 0.846. The van der Waals surface area contributed by atoms with Crippen LogP contribution in [-0.4, -0.2) is 28.7 Å². The first-order valence-corrected chi connectivity index (χ1v) is 6.79. The lowest BCUT2D eigenvalue weighted by Crippen LogP contribution is -2.55. The highest BCUT2D eigenvalue weighted by molar-refractivity contribution is 5.83. The number of carbonyl (C=O) groups excluding carboxylic acids is 1. The molecule has 5 nitrogen and oxygen atoms in total. The van der Waals surface area contributed by atoms with Crippen LogP contribution in [0.25, 0.3) is 0 Å². The number of aliphatic carboxylic acids is 1. The summed E-state index contributed by atoms with van der Waals surface area (Å²) in [6, 6.07) is -1.10. The minimum absolute atomic E-state index is 0.104. The van der Waals surface area contributed by atoms with Gasteiger partial charge in [0.05, 0.1) is 0 Å². The van der Waals surface area contributed by atoms with E-state index in [0.29, 0.717) is 0 Å². The fourth-order valence-corrected chi connectivity index (χ4v) is 2.24. The van der Waals surface area contributed by atoms with Crippen LogP contribution in [0.4, 0.5) is 4.79 Å². The first-order chi connectivity index (χ1) is 8.48. The van der Waals surface area contributed by atoms with Crippen LogP contribution in [0, 0.1) is 5.92 Å². The quantitative estimate of drug-likeness (QED) is 0.653. The van der Waals surface area contributed by atoms with E-state index < -0.39 is 12.0 Å². The number of rotatable bonds is 7. The summed E-state index contributed by atoms with van der Waals surface area (Å²) in [5.74, 6) is -0.838. The van der Waals surface area contributed by atoms with Crippen molar-refractivity contribution < 1.29 is 14.7 Å². The Morgan fingerprint density at radius 3 is 2.06 bits per heavy atom. The highest BCUT2D eigenvalue weighted by Crippen LogP contribution is 2.32. The van der Waals surface area contributed by atoms with Crippen LogP contribution in [0.5, 0.6) is 0 Å². The van der Waals surface area contributed by atoms with Crippen molar-refractivity contribution in [2.75, 3.05) is 0 Å². The van der Waals surface area contributed by atoms with Crippen molar-refractivity contribution in [2.45, 2.75) is 64.5 Å². The van der Waals surface area contributed by atoms with Crippen molar-refractivity contribution in [3.63, 3.8) is 0 Å². The van der Waals surface area contributed by atoms with Crippen LogP contribution in [0.3, 0.4) is 0 Å². The van der Waals surface area contributed by atoms with Gasteiger partial charge in [-0.1, -0.05) is 20.8 Å². The largest absolute Gasteiger partial charge is 0.480 e. The highest BCUT2D eigenvalue weighted by Gasteiger charge is 2.38. The van der Waals surface area contributed by atoms with Gasteiger partial charge in [0.1, 0.15) is 6.04 Å². The Morgan fingerprint density at radius 2 is 1.72 bits per heavy atom. The molecule has 1 rings (SSSR count). The van der Waals surface area contributed by atoms with E-state index in [-0.39, 0.29) is 17.5 Å². The van der Waals surface area contributed by atoms with Gasteiger partial charge in [-0.25, -0.2) is 9.59 Å².